The van der Waals surface area contributed by atoms with Crippen molar-refractivity contribution in [3.05, 3.63) is 28.8 Å². The number of halogens is 1. The minimum Gasteiger partial charge on any atom is -0.479 e. The molecule has 15 heavy (non-hydrogen) atoms. The Hall–Kier alpha value is -1.26. The number of aliphatic carboxylic acids is 1. The first-order chi connectivity index (χ1) is 7.06. The molecule has 2 N–H and O–H groups in total. The minimum absolute atomic E-state index is 0.219. The van der Waals surface area contributed by atoms with Crippen LogP contribution >= 0.6 is 11.6 Å². The predicted octanol–water partition coefficient (Wildman–Crippen LogP) is 1.68. The summed E-state index contributed by atoms with van der Waals surface area (Å²) in [6.45, 7) is 1.15. The Labute approximate surface area is 92.1 Å². The Morgan fingerprint density at radius 3 is 2.80 bits per heavy atom. The molecule has 82 valence electrons. The number of hydrogen-bond donors (Lipinski definition) is 2. The van der Waals surface area contributed by atoms with Gasteiger partial charge in [-0.15, -0.1) is 0 Å². The standard InChI is InChI=1S/C10H11ClO4/c1-6(10(13)14)15-9-7(5-12)3-2-4-8(9)11/h2-4,6,12H,5H2,1H3,(H,13,14). The van der Waals surface area contributed by atoms with Gasteiger partial charge in [0, 0.05) is 5.56 Å². The van der Waals surface area contributed by atoms with Gasteiger partial charge in [-0.1, -0.05) is 23.7 Å². The fourth-order valence-electron chi connectivity index (χ4n) is 1.04. The molecule has 0 saturated heterocycles. The molecule has 0 aliphatic carbocycles. The Bertz CT molecular complexity index is 364. The quantitative estimate of drug-likeness (QED) is 0.826. The van der Waals surface area contributed by atoms with Crippen molar-refractivity contribution < 1.29 is 19.7 Å². The second-order valence-electron chi connectivity index (χ2n) is 2.98. The van der Waals surface area contributed by atoms with Crippen molar-refractivity contribution in [1.29, 1.82) is 0 Å². The van der Waals surface area contributed by atoms with Crippen molar-refractivity contribution in [2.24, 2.45) is 0 Å². The van der Waals surface area contributed by atoms with Gasteiger partial charge >= 0.3 is 5.97 Å². The summed E-state index contributed by atoms with van der Waals surface area (Å²) in [6, 6.07) is 4.85. The van der Waals surface area contributed by atoms with Crippen LogP contribution in [0.3, 0.4) is 0 Å². The normalized spacial score (nSPS) is 12.2. The fourth-order valence-corrected chi connectivity index (χ4v) is 1.28. The van der Waals surface area contributed by atoms with Crippen LogP contribution in [0, 0.1) is 0 Å². The van der Waals surface area contributed by atoms with Crippen LogP contribution in [0.15, 0.2) is 18.2 Å². The summed E-state index contributed by atoms with van der Waals surface area (Å²) in [4.78, 5) is 10.6. The number of aliphatic hydroxyl groups excluding tert-OH is 1. The van der Waals surface area contributed by atoms with E-state index in [4.69, 9.17) is 26.6 Å². The number of aliphatic hydroxyl groups is 1. The van der Waals surface area contributed by atoms with E-state index in [9.17, 15) is 4.79 Å². The molecule has 1 rings (SSSR count). The average molecular weight is 231 g/mol. The van der Waals surface area contributed by atoms with Crippen molar-refractivity contribution in [1.82, 2.24) is 0 Å². The zero-order chi connectivity index (χ0) is 11.4. The molecule has 1 aromatic carbocycles. The molecule has 1 atom stereocenters. The molecule has 0 aliphatic heterocycles. The van der Waals surface area contributed by atoms with Crippen molar-refractivity contribution in [3.63, 3.8) is 0 Å². The third-order valence-electron chi connectivity index (χ3n) is 1.86. The van der Waals surface area contributed by atoms with Gasteiger partial charge in [-0.2, -0.15) is 0 Å². The summed E-state index contributed by atoms with van der Waals surface area (Å²) in [7, 11) is 0. The predicted molar refractivity (Wildman–Crippen MR) is 55.1 cm³/mol. The lowest BCUT2D eigenvalue weighted by Crippen LogP contribution is -2.23. The Morgan fingerprint density at radius 2 is 2.27 bits per heavy atom. The van der Waals surface area contributed by atoms with Gasteiger partial charge in [0.15, 0.2) is 6.10 Å². The topological polar surface area (TPSA) is 66.8 Å². The SMILES string of the molecule is CC(Oc1c(Cl)cccc1CO)C(=O)O. The number of ether oxygens (including phenoxy) is 1. The fraction of sp³-hybridized carbons (Fsp3) is 0.300. The Balaban J connectivity index is 2.97. The number of hydrogen-bond acceptors (Lipinski definition) is 3. The van der Waals surface area contributed by atoms with Crippen LogP contribution in [0.4, 0.5) is 0 Å². The third-order valence-corrected chi connectivity index (χ3v) is 2.16. The molecule has 0 bridgehead atoms. The number of benzene rings is 1. The van der Waals surface area contributed by atoms with Gasteiger partial charge in [-0.25, -0.2) is 4.79 Å². The molecule has 0 fully saturated rings. The number of carboxylic acids is 1. The molecule has 0 aliphatic rings. The number of carboxylic acid groups (broad SMARTS) is 1. The van der Waals surface area contributed by atoms with Crippen LogP contribution in [-0.4, -0.2) is 22.3 Å². The van der Waals surface area contributed by atoms with Gasteiger partial charge in [-0.3, -0.25) is 0 Å². The molecule has 0 radical (unpaired) electrons. The van der Waals surface area contributed by atoms with E-state index < -0.39 is 12.1 Å². The maximum atomic E-state index is 10.6. The maximum Gasteiger partial charge on any atom is 0.344 e. The number of rotatable bonds is 4. The van der Waals surface area contributed by atoms with Crippen molar-refractivity contribution in [2.45, 2.75) is 19.6 Å². The van der Waals surface area contributed by atoms with E-state index in [-0.39, 0.29) is 17.4 Å². The van der Waals surface area contributed by atoms with Gasteiger partial charge in [0.2, 0.25) is 0 Å². The van der Waals surface area contributed by atoms with E-state index in [2.05, 4.69) is 0 Å². The second kappa shape index (κ2) is 5.00. The lowest BCUT2D eigenvalue weighted by molar-refractivity contribution is -0.144. The van der Waals surface area contributed by atoms with Gasteiger partial charge in [-0.05, 0) is 13.0 Å². The number of carbonyl (C=O) groups is 1. The highest BCUT2D eigenvalue weighted by molar-refractivity contribution is 6.32. The summed E-state index contributed by atoms with van der Waals surface area (Å²) in [5, 5.41) is 18.0. The largest absolute Gasteiger partial charge is 0.479 e. The average Bonchev–Trinajstić information content (AvgIpc) is 2.20. The molecule has 0 aromatic heterocycles. The van der Waals surface area contributed by atoms with E-state index >= 15 is 0 Å². The summed E-state index contributed by atoms with van der Waals surface area (Å²) in [5.74, 6) is -0.865. The van der Waals surface area contributed by atoms with Crippen LogP contribution in [0.1, 0.15) is 12.5 Å². The van der Waals surface area contributed by atoms with Gasteiger partial charge < -0.3 is 14.9 Å². The van der Waals surface area contributed by atoms with Crippen LogP contribution in [0.5, 0.6) is 5.75 Å². The van der Waals surface area contributed by atoms with Crippen molar-refractivity contribution in [3.8, 4) is 5.75 Å². The molecule has 1 aromatic rings. The third kappa shape index (κ3) is 2.84. The summed E-state index contributed by atoms with van der Waals surface area (Å²) >= 11 is 5.83. The van der Waals surface area contributed by atoms with E-state index in [0.29, 0.717) is 5.56 Å². The van der Waals surface area contributed by atoms with Crippen LogP contribution in [0.2, 0.25) is 5.02 Å². The number of para-hydroxylation sites is 1. The monoisotopic (exact) mass is 230 g/mol. The minimum atomic E-state index is -1.08. The molecular weight excluding hydrogens is 220 g/mol. The van der Waals surface area contributed by atoms with E-state index in [0.717, 1.165) is 0 Å². The summed E-state index contributed by atoms with van der Waals surface area (Å²) in [5.41, 5.74) is 0.468. The Kier molecular flexibility index (Phi) is 3.94. The lowest BCUT2D eigenvalue weighted by atomic mass is 10.2. The molecule has 0 heterocycles. The van der Waals surface area contributed by atoms with Crippen LogP contribution in [-0.2, 0) is 11.4 Å². The van der Waals surface area contributed by atoms with Crippen LogP contribution < -0.4 is 4.74 Å². The second-order valence-corrected chi connectivity index (χ2v) is 3.39. The summed E-state index contributed by atoms with van der Waals surface area (Å²) < 4.78 is 5.14. The Morgan fingerprint density at radius 1 is 1.60 bits per heavy atom. The van der Waals surface area contributed by atoms with Gasteiger partial charge in [0.05, 0.1) is 11.6 Å². The first kappa shape index (κ1) is 11.8. The first-order valence-electron chi connectivity index (χ1n) is 4.34. The smallest absolute Gasteiger partial charge is 0.344 e. The maximum absolute atomic E-state index is 10.6. The van der Waals surface area contributed by atoms with Crippen molar-refractivity contribution >= 4 is 17.6 Å². The molecule has 0 saturated carbocycles. The highest BCUT2D eigenvalue weighted by Gasteiger charge is 2.16. The van der Waals surface area contributed by atoms with Crippen molar-refractivity contribution in [2.75, 3.05) is 0 Å². The molecule has 4 nitrogen and oxygen atoms in total. The van der Waals surface area contributed by atoms with Crippen LogP contribution in [0.25, 0.3) is 0 Å². The van der Waals surface area contributed by atoms with E-state index in [1.807, 2.05) is 0 Å². The zero-order valence-electron chi connectivity index (χ0n) is 8.11. The van der Waals surface area contributed by atoms with E-state index in [1.54, 1.807) is 18.2 Å². The van der Waals surface area contributed by atoms with Gasteiger partial charge in [0.1, 0.15) is 5.75 Å². The van der Waals surface area contributed by atoms with Gasteiger partial charge in [0.25, 0.3) is 0 Å². The molecule has 0 amide bonds. The lowest BCUT2D eigenvalue weighted by Gasteiger charge is -2.14. The van der Waals surface area contributed by atoms with E-state index in [1.165, 1.54) is 6.92 Å². The summed E-state index contributed by atoms with van der Waals surface area (Å²) in [6.07, 6.45) is -1.00. The molecule has 1 unspecified atom stereocenters. The molecule has 5 heteroatoms. The molecular formula is C10H11ClO4. The zero-order valence-corrected chi connectivity index (χ0v) is 8.86. The molecule has 0 spiro atoms. The first-order valence-corrected chi connectivity index (χ1v) is 4.71. The highest BCUT2D eigenvalue weighted by atomic mass is 35.5. The highest BCUT2D eigenvalue weighted by Crippen LogP contribution is 2.29.